The first-order valence-corrected chi connectivity index (χ1v) is 16.7. The zero-order valence-electron chi connectivity index (χ0n) is 23.0. The number of nitrogens with one attached hydrogen (secondary N) is 2. The van der Waals surface area contributed by atoms with Gasteiger partial charge in [0.2, 0.25) is 10.0 Å². The summed E-state index contributed by atoms with van der Waals surface area (Å²) >= 11 is 0. The third-order valence-corrected chi connectivity index (χ3v) is 13.0. The maximum atomic E-state index is 13.0. The lowest BCUT2D eigenvalue weighted by Gasteiger charge is -2.54. The Bertz CT molecular complexity index is 1030. The minimum absolute atomic E-state index is 0.106. The van der Waals surface area contributed by atoms with Crippen molar-refractivity contribution in [2.45, 2.75) is 116 Å². The third-order valence-electron chi connectivity index (χ3n) is 12.2. The molecule has 204 valence electrons. The highest BCUT2D eigenvalue weighted by Crippen LogP contribution is 2.65. The van der Waals surface area contributed by atoms with Gasteiger partial charge in [-0.2, -0.15) is 0 Å². The lowest BCUT2D eigenvalue weighted by Crippen LogP contribution is -3.15. The number of hydrogen-bond acceptors (Lipinski definition) is 4. The van der Waals surface area contributed by atoms with Crippen molar-refractivity contribution in [2.24, 2.45) is 40.9 Å². The Morgan fingerprint density at radius 3 is 2.64 bits per heavy atom. The summed E-state index contributed by atoms with van der Waals surface area (Å²) in [5, 5.41) is 13.5. The van der Waals surface area contributed by atoms with Crippen LogP contribution in [0.4, 0.5) is 0 Å². The molecule has 0 radical (unpaired) electrons. The fourth-order valence-corrected chi connectivity index (χ4v) is 11.4. The molecule has 0 aromatic carbocycles. The molecule has 1 unspecified atom stereocenters. The minimum atomic E-state index is -3.15. The van der Waals surface area contributed by atoms with Crippen LogP contribution in [0.5, 0.6) is 0 Å². The van der Waals surface area contributed by atoms with Crippen molar-refractivity contribution < 1.29 is 18.2 Å². The van der Waals surface area contributed by atoms with E-state index >= 15 is 0 Å². The Morgan fingerprint density at radius 2 is 1.89 bits per heavy atom. The summed E-state index contributed by atoms with van der Waals surface area (Å²) in [6.07, 6.45) is 12.6. The second-order valence-electron chi connectivity index (χ2n) is 14.3. The minimum Gasteiger partial charge on any atom is -0.634 e. The summed E-state index contributed by atoms with van der Waals surface area (Å²) in [6.45, 7) is 10.2. The van der Waals surface area contributed by atoms with Gasteiger partial charge >= 0.3 is 0 Å². The topological polar surface area (TPSA) is 82.9 Å². The van der Waals surface area contributed by atoms with Gasteiger partial charge in [-0.25, -0.2) is 13.1 Å². The Morgan fingerprint density at radius 1 is 1.11 bits per heavy atom. The van der Waals surface area contributed by atoms with Gasteiger partial charge in [0.25, 0.3) is 0 Å². The van der Waals surface area contributed by atoms with Gasteiger partial charge in [0.15, 0.2) is 0 Å². The van der Waals surface area contributed by atoms with Crippen molar-refractivity contribution in [3.05, 3.63) is 16.4 Å². The fourth-order valence-electron chi connectivity index (χ4n) is 10.6. The van der Waals surface area contributed by atoms with Crippen molar-refractivity contribution in [2.75, 3.05) is 12.8 Å². The van der Waals surface area contributed by atoms with Crippen molar-refractivity contribution in [1.29, 1.82) is 0 Å². The number of quaternary nitrogens is 1. The van der Waals surface area contributed by atoms with E-state index in [9.17, 15) is 13.6 Å². The molecule has 1 spiro atoms. The van der Waals surface area contributed by atoms with Gasteiger partial charge in [0.05, 0.1) is 18.4 Å². The summed E-state index contributed by atoms with van der Waals surface area (Å²) in [4.78, 5) is 0. The summed E-state index contributed by atoms with van der Waals surface area (Å²) in [6, 6.07) is 0.215. The predicted molar refractivity (Wildman–Crippen MR) is 142 cm³/mol. The van der Waals surface area contributed by atoms with E-state index in [0.29, 0.717) is 34.1 Å². The molecule has 4 aliphatic carbocycles. The van der Waals surface area contributed by atoms with Crippen LogP contribution in [-0.4, -0.2) is 45.0 Å². The molecule has 6 nitrogen and oxygen atoms in total. The van der Waals surface area contributed by atoms with E-state index in [2.05, 4.69) is 32.4 Å². The number of hydrogen-bond donors (Lipinski definition) is 2. The monoisotopic (exact) mass is 520 g/mol. The van der Waals surface area contributed by atoms with E-state index in [0.717, 1.165) is 56.9 Å². The van der Waals surface area contributed by atoms with Gasteiger partial charge in [-0.1, -0.05) is 31.9 Å². The molecular formula is C29H48N2O4S. The number of piperidine rings is 1. The van der Waals surface area contributed by atoms with Gasteiger partial charge in [0, 0.05) is 17.9 Å². The Kier molecular flexibility index (Phi) is 6.28. The van der Waals surface area contributed by atoms with Gasteiger partial charge in [-0.3, -0.25) is 0 Å². The SMILES string of the molecule is CC1=C2C[C@H]3[C@@H](CC[C@@H]4C[C@H](NS(C)(=O)=O)CC[C@@]43C)[C@@H]2CC[C@@]2(C1)O[C@@H]1C[C@H](C)C[NH+]([O-])[C@H]1[C@H]2C. The lowest BCUT2D eigenvalue weighted by molar-refractivity contribution is -0.890. The van der Waals surface area contributed by atoms with Crippen LogP contribution in [0.3, 0.4) is 0 Å². The number of fused-ring (bicyclic) bond motifs is 6. The van der Waals surface area contributed by atoms with Crippen LogP contribution in [0.1, 0.15) is 91.9 Å². The Hall–Kier alpha value is -0.470. The van der Waals surface area contributed by atoms with Crippen molar-refractivity contribution in [3.8, 4) is 0 Å². The molecule has 2 N–H and O–H groups in total. The first-order valence-electron chi connectivity index (χ1n) is 14.8. The molecule has 6 aliphatic rings. The molecule has 2 saturated heterocycles. The van der Waals surface area contributed by atoms with Crippen LogP contribution in [-0.2, 0) is 14.8 Å². The third kappa shape index (κ3) is 4.06. The summed E-state index contributed by atoms with van der Waals surface area (Å²) in [7, 11) is -3.15. The van der Waals surface area contributed by atoms with Crippen molar-refractivity contribution in [1.82, 2.24) is 4.72 Å². The second-order valence-corrected chi connectivity index (χ2v) is 16.1. The molecule has 36 heavy (non-hydrogen) atoms. The van der Waals surface area contributed by atoms with Crippen LogP contribution in [0.2, 0.25) is 0 Å². The summed E-state index contributed by atoms with van der Waals surface area (Å²) < 4.78 is 33.6. The molecule has 7 heteroatoms. The van der Waals surface area contributed by atoms with Gasteiger partial charge < -0.3 is 15.0 Å². The molecule has 0 aromatic heterocycles. The summed E-state index contributed by atoms with van der Waals surface area (Å²) in [5.41, 5.74) is 3.46. The molecule has 12 atom stereocenters. The lowest BCUT2D eigenvalue weighted by atomic mass is 9.52. The second kappa shape index (κ2) is 8.77. The van der Waals surface area contributed by atoms with Crippen LogP contribution in [0.15, 0.2) is 11.1 Å². The maximum Gasteiger partial charge on any atom is 0.208 e. The van der Waals surface area contributed by atoms with E-state index < -0.39 is 10.0 Å². The standard InChI is InChI=1S/C29H48N2O4S/c1-17-12-26-27(31(32)16-17)19(3)29(35-26)11-9-22-23-7-6-20-13-21(30-36(5,33)34)8-10-28(20,4)25(23)14-24(22)18(2)15-29/h17,19-23,25-27,30-31H,6-16H2,1-5H3/t17-,19+,20+,21+,22-,23-,25-,26+,27-,28-,29-/m0/s1. The predicted octanol–water partition coefficient (Wildman–Crippen LogP) is 3.82. The average Bonchev–Trinajstić information content (AvgIpc) is 3.23. The van der Waals surface area contributed by atoms with E-state index in [-0.39, 0.29) is 23.8 Å². The number of rotatable bonds is 2. The van der Waals surface area contributed by atoms with Crippen molar-refractivity contribution >= 4 is 10.0 Å². The van der Waals surface area contributed by atoms with E-state index in [1.165, 1.54) is 31.9 Å². The molecule has 6 rings (SSSR count). The first kappa shape index (κ1) is 25.8. The molecule has 0 amide bonds. The quantitative estimate of drug-likeness (QED) is 0.428. The highest BCUT2D eigenvalue weighted by atomic mass is 32.2. The number of hydroxylamine groups is 2. The Balaban J connectivity index is 1.23. The zero-order chi connectivity index (χ0) is 25.6. The van der Waals surface area contributed by atoms with Gasteiger partial charge in [-0.15, -0.1) is 0 Å². The van der Waals surface area contributed by atoms with Gasteiger partial charge in [-0.05, 0) is 100 Å². The highest BCUT2D eigenvalue weighted by molar-refractivity contribution is 7.88. The first-order chi connectivity index (χ1) is 16.9. The molecule has 0 bridgehead atoms. The van der Waals surface area contributed by atoms with Crippen LogP contribution in [0, 0.1) is 46.1 Å². The van der Waals surface area contributed by atoms with Crippen LogP contribution in [0.25, 0.3) is 0 Å². The molecule has 2 aliphatic heterocycles. The van der Waals surface area contributed by atoms with Crippen LogP contribution >= 0.6 is 0 Å². The van der Waals surface area contributed by atoms with Crippen molar-refractivity contribution in [3.63, 3.8) is 0 Å². The van der Waals surface area contributed by atoms with E-state index in [1.54, 1.807) is 11.1 Å². The molecular weight excluding hydrogens is 472 g/mol. The van der Waals surface area contributed by atoms with Gasteiger partial charge in [0.1, 0.15) is 12.1 Å². The highest BCUT2D eigenvalue weighted by Gasteiger charge is 2.60. The largest absolute Gasteiger partial charge is 0.634 e. The molecule has 2 heterocycles. The molecule has 0 aromatic rings. The molecule has 3 saturated carbocycles. The zero-order valence-corrected chi connectivity index (χ0v) is 23.8. The Labute approximate surface area is 218 Å². The number of allylic oxidation sites excluding steroid dienone is 1. The summed E-state index contributed by atoms with van der Waals surface area (Å²) in [5.74, 6) is 3.55. The van der Waals surface area contributed by atoms with Crippen LogP contribution < -0.4 is 9.79 Å². The van der Waals surface area contributed by atoms with E-state index in [1.807, 2.05) is 0 Å². The average molecular weight is 521 g/mol. The maximum absolute atomic E-state index is 13.0. The smallest absolute Gasteiger partial charge is 0.208 e. The number of ether oxygens (including phenoxy) is 1. The fraction of sp³-hybridized carbons (Fsp3) is 0.931. The van der Waals surface area contributed by atoms with E-state index in [4.69, 9.17) is 4.74 Å². The normalized spacial score (nSPS) is 52.9. The molecule has 5 fully saturated rings. The number of sulfonamides is 1.